The lowest BCUT2D eigenvalue weighted by atomic mass is 9.68. The van der Waals surface area contributed by atoms with Gasteiger partial charge >= 0.3 is 0 Å². The van der Waals surface area contributed by atoms with Gasteiger partial charge in [0.2, 0.25) is 0 Å². The first-order valence-corrected chi connectivity index (χ1v) is 47.7. The molecular weight excluding hydrogens is 1270 g/mol. The molecule has 0 fully saturated rings. The van der Waals surface area contributed by atoms with Crippen molar-refractivity contribution in [1.29, 1.82) is 0 Å². The highest BCUT2D eigenvalue weighted by atomic mass is 32.1. The summed E-state index contributed by atoms with van der Waals surface area (Å²) >= 11 is 6.26. The zero-order valence-corrected chi connectivity index (χ0v) is 69.7. The third-order valence-electron chi connectivity index (χ3n) is 25.0. The summed E-state index contributed by atoms with van der Waals surface area (Å²) in [6.45, 7) is 14.1. The Labute approximate surface area is 637 Å². The monoisotopic (exact) mass is 1430 g/mol. The van der Waals surface area contributed by atoms with Gasteiger partial charge in [0.25, 0.3) is 0 Å². The molecule has 0 aliphatic heterocycles. The molecule has 2 aliphatic rings. The number of rotatable bonds is 65. The van der Waals surface area contributed by atoms with E-state index in [-0.39, 0.29) is 10.8 Å². The van der Waals surface area contributed by atoms with Crippen molar-refractivity contribution in [2.45, 2.75) is 463 Å². The smallest absolute Gasteiger partial charge is 0.0452 e. The van der Waals surface area contributed by atoms with Gasteiger partial charge in [-0.3, -0.25) is 0 Å². The van der Waals surface area contributed by atoms with Crippen molar-refractivity contribution in [1.82, 2.24) is 0 Å². The van der Waals surface area contributed by atoms with E-state index in [1.807, 2.05) is 11.3 Å². The van der Waals surface area contributed by atoms with Crippen LogP contribution in [0.3, 0.4) is 0 Å². The molecule has 2 aliphatic carbocycles. The molecule has 0 saturated heterocycles. The Balaban J connectivity index is 1.03. The van der Waals surface area contributed by atoms with E-state index in [2.05, 4.69) is 125 Å². The van der Waals surface area contributed by atoms with Crippen LogP contribution < -0.4 is 0 Å². The van der Waals surface area contributed by atoms with Crippen LogP contribution in [0.1, 0.15) is 471 Å². The first kappa shape index (κ1) is 83.9. The zero-order chi connectivity index (χ0) is 70.7. The Morgan fingerprint density at radius 1 is 0.228 bits per heavy atom. The van der Waals surface area contributed by atoms with E-state index < -0.39 is 0 Å². The zero-order valence-electron chi connectivity index (χ0n) is 67.3. The van der Waals surface area contributed by atoms with Crippen LogP contribution in [-0.2, 0) is 10.8 Å². The maximum atomic E-state index is 2.79. The van der Waals surface area contributed by atoms with Crippen molar-refractivity contribution in [3.05, 3.63) is 92.7 Å². The Morgan fingerprint density at radius 3 is 0.752 bits per heavy atom. The first-order chi connectivity index (χ1) is 49.9. The Kier molecular flexibility index (Phi) is 41.6. The molecule has 0 radical (unpaired) electrons. The van der Waals surface area contributed by atoms with Crippen LogP contribution in [0.2, 0.25) is 0 Å². The highest BCUT2D eigenvalue weighted by Crippen LogP contribution is 2.63. The van der Waals surface area contributed by atoms with Gasteiger partial charge in [0.15, 0.2) is 0 Å². The second kappa shape index (κ2) is 50.0. The van der Waals surface area contributed by atoms with Gasteiger partial charge in [-0.2, -0.15) is 0 Å². The van der Waals surface area contributed by atoms with E-state index >= 15 is 0 Å². The standard InChI is InChI=1S/C98H156S3/c1-7-11-15-19-23-27-31-35-39-43-47-51-55-59-63-73-97(74-64-60-56-52-48-44-40-36-32-28-24-20-16-12-8-2)89-77-82(6)100-95(89)85-70-68-83-79-88-84(78-87(83)93(85)97)69-71-86-94(88)98(90-80-92(101-96(86)90)91-72-67-81(5)99-91,75-65-61-57-53-49-45-41-37-33-29-25-21-17-13-9-3)76-66-62-58-54-50-46-42-38-34-30-26-22-18-14-10-4/h67-72,77-80H,7-66,73-76H2,1-6H3. The van der Waals surface area contributed by atoms with Crippen LogP contribution in [0.25, 0.3) is 52.2 Å². The van der Waals surface area contributed by atoms with Crippen LogP contribution in [0, 0.1) is 13.8 Å². The number of fused-ring (bicyclic) bond motifs is 10. The van der Waals surface area contributed by atoms with Crippen molar-refractivity contribution >= 4 is 55.6 Å². The summed E-state index contributed by atoms with van der Waals surface area (Å²) in [6, 6.07) is 26.4. The van der Waals surface area contributed by atoms with Crippen LogP contribution >= 0.6 is 34.0 Å². The normalized spacial score (nSPS) is 13.6. The molecule has 0 unspecified atom stereocenters. The number of benzene rings is 3. The van der Waals surface area contributed by atoms with Crippen molar-refractivity contribution in [2.24, 2.45) is 0 Å². The van der Waals surface area contributed by atoms with E-state index in [1.54, 1.807) is 53.9 Å². The summed E-state index contributed by atoms with van der Waals surface area (Å²) in [4.78, 5) is 9.13. The third kappa shape index (κ3) is 27.2. The van der Waals surface area contributed by atoms with Crippen molar-refractivity contribution in [3.8, 4) is 30.6 Å². The molecular formula is C98H156S3. The molecule has 101 heavy (non-hydrogen) atoms. The van der Waals surface area contributed by atoms with Gasteiger partial charge in [-0.05, 0) is 131 Å². The Hall–Kier alpha value is -2.72. The maximum absolute atomic E-state index is 2.79. The fourth-order valence-electron chi connectivity index (χ4n) is 19.0. The summed E-state index contributed by atoms with van der Waals surface area (Å²) in [5.74, 6) is 0. The average Bonchev–Trinajstić information content (AvgIpc) is 1.54. The van der Waals surface area contributed by atoms with Crippen LogP contribution in [-0.4, -0.2) is 0 Å². The minimum Gasteiger partial charge on any atom is -0.140 e. The molecule has 0 amide bonds. The first-order valence-electron chi connectivity index (χ1n) is 45.3. The van der Waals surface area contributed by atoms with Gasteiger partial charge < -0.3 is 0 Å². The molecule has 0 atom stereocenters. The van der Waals surface area contributed by atoms with Crippen molar-refractivity contribution in [2.75, 3.05) is 0 Å². The van der Waals surface area contributed by atoms with Gasteiger partial charge in [0, 0.05) is 40.1 Å². The molecule has 3 heterocycles. The molecule has 0 nitrogen and oxygen atoms in total. The second-order valence-electron chi connectivity index (χ2n) is 33.6. The van der Waals surface area contributed by atoms with Gasteiger partial charge in [-0.25, -0.2) is 0 Å². The van der Waals surface area contributed by atoms with E-state index in [9.17, 15) is 0 Å². The summed E-state index contributed by atoms with van der Waals surface area (Å²) in [7, 11) is 0. The quantitative estimate of drug-likeness (QED) is 0.0264. The topological polar surface area (TPSA) is 0 Å². The lowest BCUT2D eigenvalue weighted by molar-refractivity contribution is 0.399. The average molecular weight is 1430 g/mol. The number of hydrogen-bond acceptors (Lipinski definition) is 3. The third-order valence-corrected chi connectivity index (χ3v) is 28.5. The molecule has 6 aromatic rings. The Bertz CT molecular complexity index is 3030. The lowest BCUT2D eigenvalue weighted by Crippen LogP contribution is -2.26. The minimum atomic E-state index is 0.0370. The highest BCUT2D eigenvalue weighted by molar-refractivity contribution is 7.24. The SMILES string of the molecule is CCCCCCCCCCCCCCCCCC1(CCCCCCCCCCCCCCCCC)c2cc(C)sc2-c2ccc3cc4c5c(ccc4cc3c21)-c1sc(-c2ccc(C)s2)cc1C5(CCCCCCCCCCCCCCCCC)CCCCCCCCCCCCCCCCC. The summed E-state index contributed by atoms with van der Waals surface area (Å²) in [5.41, 5.74) is 10.1. The summed E-state index contributed by atoms with van der Waals surface area (Å²) in [5, 5.41) is 6.17. The van der Waals surface area contributed by atoms with E-state index in [4.69, 9.17) is 0 Å². The molecule has 3 aromatic heterocycles. The number of hydrogen-bond donors (Lipinski definition) is 0. The Morgan fingerprint density at radius 2 is 0.485 bits per heavy atom. The number of unbranched alkanes of at least 4 members (excludes halogenated alkanes) is 56. The molecule has 0 N–H and O–H groups in total. The van der Waals surface area contributed by atoms with Gasteiger partial charge in [0.05, 0.1) is 0 Å². The van der Waals surface area contributed by atoms with Crippen LogP contribution in [0.15, 0.2) is 60.7 Å². The van der Waals surface area contributed by atoms with Crippen LogP contribution in [0.4, 0.5) is 0 Å². The van der Waals surface area contributed by atoms with Gasteiger partial charge in [-0.15, -0.1) is 34.0 Å². The predicted octanol–water partition coefficient (Wildman–Crippen LogP) is 36.0. The minimum absolute atomic E-state index is 0.0370. The lowest BCUT2D eigenvalue weighted by Gasteiger charge is -2.34. The summed E-state index contributed by atoms with van der Waals surface area (Å²) in [6.07, 6.45) is 90.6. The van der Waals surface area contributed by atoms with E-state index in [0.717, 1.165) is 0 Å². The largest absolute Gasteiger partial charge is 0.140 e. The molecule has 0 bridgehead atoms. The van der Waals surface area contributed by atoms with E-state index in [1.165, 1.54) is 441 Å². The number of aryl methyl sites for hydroxylation is 2. The van der Waals surface area contributed by atoms with E-state index in [0.29, 0.717) is 0 Å². The highest BCUT2D eigenvalue weighted by Gasteiger charge is 2.47. The van der Waals surface area contributed by atoms with Crippen molar-refractivity contribution < 1.29 is 0 Å². The predicted molar refractivity (Wildman–Crippen MR) is 461 cm³/mol. The maximum Gasteiger partial charge on any atom is 0.0452 e. The van der Waals surface area contributed by atoms with Gasteiger partial charge in [0.1, 0.15) is 0 Å². The molecule has 3 aromatic carbocycles. The fourth-order valence-corrected chi connectivity index (χ4v) is 22.4. The molecule has 566 valence electrons. The molecule has 0 saturated carbocycles. The summed E-state index contributed by atoms with van der Waals surface area (Å²) < 4.78 is 0. The van der Waals surface area contributed by atoms with Gasteiger partial charge in [-0.1, -0.05) is 437 Å². The van der Waals surface area contributed by atoms with Crippen molar-refractivity contribution in [3.63, 3.8) is 0 Å². The second-order valence-corrected chi connectivity index (χ2v) is 37.2. The molecule has 8 rings (SSSR count). The van der Waals surface area contributed by atoms with Crippen LogP contribution in [0.5, 0.6) is 0 Å². The molecule has 0 spiro atoms. The number of thiophene rings is 3. The molecule has 3 heteroatoms. The fraction of sp³-hybridized carbons (Fsp3) is 0.735.